The molecule has 32 heavy (non-hydrogen) atoms. The van der Waals surface area contributed by atoms with Gasteiger partial charge in [-0.15, -0.1) is 0 Å². The van der Waals surface area contributed by atoms with Gasteiger partial charge >= 0.3 is 6.03 Å². The molecule has 0 aliphatic carbocycles. The van der Waals surface area contributed by atoms with Crippen molar-refractivity contribution in [3.05, 3.63) is 65.1 Å². The van der Waals surface area contributed by atoms with E-state index in [1.807, 2.05) is 19.1 Å². The van der Waals surface area contributed by atoms with E-state index in [4.69, 9.17) is 22.4 Å². The third-order valence-corrected chi connectivity index (χ3v) is 4.83. The smallest absolute Gasteiger partial charge is 0.320 e. The van der Waals surface area contributed by atoms with Gasteiger partial charge in [0.2, 0.25) is 0 Å². The third kappa shape index (κ3) is 4.37. The lowest BCUT2D eigenvalue weighted by Gasteiger charge is -2.08. The fourth-order valence-corrected chi connectivity index (χ4v) is 3.57. The summed E-state index contributed by atoms with van der Waals surface area (Å²) >= 11 is 6.24. The zero-order valence-electron chi connectivity index (χ0n) is 17.1. The second kappa shape index (κ2) is 9.01. The number of carbonyl (C=O) groups excluding carboxylic acids is 1. The zero-order valence-corrected chi connectivity index (χ0v) is 17.9. The number of halogens is 1. The highest BCUT2D eigenvalue weighted by Gasteiger charge is 2.20. The lowest BCUT2D eigenvalue weighted by atomic mass is 10.00. The molecule has 3 aromatic heterocycles. The molecular formula is C22H19ClN8O. The van der Waals surface area contributed by atoms with Crippen LogP contribution in [0.15, 0.2) is 48.7 Å². The van der Waals surface area contributed by atoms with Crippen LogP contribution in [0.4, 0.5) is 10.6 Å². The van der Waals surface area contributed by atoms with E-state index < -0.39 is 6.03 Å². The molecule has 4 rings (SSSR count). The Morgan fingerprint density at radius 3 is 2.81 bits per heavy atom. The first kappa shape index (κ1) is 21.2. The molecule has 4 aromatic rings. The first-order valence-electron chi connectivity index (χ1n) is 9.78. The number of urea groups is 1. The average Bonchev–Trinajstić information content (AvgIpc) is 3.16. The Kier molecular flexibility index (Phi) is 5.98. The standard InChI is InChI=1S/C22H19ClN8O/c1-13-9-16(11-17(23)27-13)19-20(15-4-2-3-14(10-15)12-25)30-31-8-5-18(28-21(19)31)29-22(32)26-7-6-24/h2-5,8-11H,6-7,24H2,1H3,(H2,26,28,29,32). The van der Waals surface area contributed by atoms with Crippen LogP contribution in [0.25, 0.3) is 28.0 Å². The van der Waals surface area contributed by atoms with Gasteiger partial charge in [0.1, 0.15) is 16.7 Å². The molecule has 0 aliphatic heterocycles. The molecule has 0 radical (unpaired) electrons. The molecule has 9 nitrogen and oxygen atoms in total. The van der Waals surface area contributed by atoms with E-state index in [9.17, 15) is 10.1 Å². The van der Waals surface area contributed by atoms with Gasteiger partial charge in [-0.3, -0.25) is 5.32 Å². The Labute approximate surface area is 188 Å². The Balaban J connectivity index is 1.91. The van der Waals surface area contributed by atoms with Crippen molar-refractivity contribution in [2.75, 3.05) is 18.4 Å². The summed E-state index contributed by atoms with van der Waals surface area (Å²) in [6.07, 6.45) is 1.71. The van der Waals surface area contributed by atoms with Crippen molar-refractivity contribution in [2.24, 2.45) is 5.73 Å². The van der Waals surface area contributed by atoms with E-state index in [-0.39, 0.29) is 0 Å². The van der Waals surface area contributed by atoms with E-state index in [1.165, 1.54) is 0 Å². The highest BCUT2D eigenvalue weighted by Crippen LogP contribution is 2.36. The first-order chi connectivity index (χ1) is 15.5. The van der Waals surface area contributed by atoms with Crippen LogP contribution in [-0.4, -0.2) is 38.7 Å². The molecule has 0 aliphatic rings. The summed E-state index contributed by atoms with van der Waals surface area (Å²) in [5.74, 6) is 0.349. The van der Waals surface area contributed by atoms with Crippen molar-refractivity contribution in [3.8, 4) is 28.5 Å². The normalized spacial score (nSPS) is 10.7. The average molecular weight is 447 g/mol. The highest BCUT2D eigenvalue weighted by molar-refractivity contribution is 6.29. The summed E-state index contributed by atoms with van der Waals surface area (Å²) in [6, 6.07) is 14.2. The van der Waals surface area contributed by atoms with Gasteiger partial charge in [0, 0.05) is 30.5 Å². The number of carbonyl (C=O) groups is 1. The minimum absolute atomic E-state index is 0.333. The fraction of sp³-hybridized carbons (Fsp3) is 0.136. The monoisotopic (exact) mass is 446 g/mol. The topological polar surface area (TPSA) is 134 Å². The largest absolute Gasteiger partial charge is 0.337 e. The molecule has 0 unspecified atom stereocenters. The number of anilines is 1. The molecule has 10 heteroatoms. The van der Waals surface area contributed by atoms with Crippen LogP contribution in [0.5, 0.6) is 0 Å². The summed E-state index contributed by atoms with van der Waals surface area (Å²) in [7, 11) is 0. The minimum Gasteiger partial charge on any atom is -0.337 e. The SMILES string of the molecule is Cc1cc(-c2c(-c3cccc(C#N)c3)nn3ccc(NC(=O)NCCN)nc23)cc(Cl)n1. The summed E-state index contributed by atoms with van der Waals surface area (Å²) in [5.41, 5.74) is 10.0. The number of nitrogens with zero attached hydrogens (tertiary/aromatic N) is 5. The lowest BCUT2D eigenvalue weighted by Crippen LogP contribution is -2.33. The molecule has 0 fully saturated rings. The summed E-state index contributed by atoms with van der Waals surface area (Å²) in [4.78, 5) is 20.9. The van der Waals surface area contributed by atoms with Crippen molar-refractivity contribution in [3.63, 3.8) is 0 Å². The van der Waals surface area contributed by atoms with Gasteiger partial charge in [0.15, 0.2) is 5.65 Å². The summed E-state index contributed by atoms with van der Waals surface area (Å²) < 4.78 is 1.62. The second-order valence-corrected chi connectivity index (χ2v) is 7.37. The maximum absolute atomic E-state index is 12.1. The van der Waals surface area contributed by atoms with Crippen LogP contribution in [0, 0.1) is 18.3 Å². The Morgan fingerprint density at radius 2 is 2.06 bits per heavy atom. The van der Waals surface area contributed by atoms with Crippen molar-refractivity contribution in [1.82, 2.24) is 24.9 Å². The molecule has 0 saturated heterocycles. The van der Waals surface area contributed by atoms with Crippen molar-refractivity contribution in [1.29, 1.82) is 5.26 Å². The number of amides is 2. The highest BCUT2D eigenvalue weighted by atomic mass is 35.5. The Morgan fingerprint density at radius 1 is 1.22 bits per heavy atom. The number of nitrogens with two attached hydrogens (primary N) is 1. The third-order valence-electron chi connectivity index (χ3n) is 4.63. The molecule has 2 amide bonds. The molecule has 160 valence electrons. The van der Waals surface area contributed by atoms with Crippen molar-refractivity contribution >= 4 is 29.1 Å². The number of nitrogens with one attached hydrogen (secondary N) is 2. The van der Waals surface area contributed by atoms with Crippen molar-refractivity contribution in [2.45, 2.75) is 6.92 Å². The van der Waals surface area contributed by atoms with Crippen LogP contribution in [0.2, 0.25) is 5.15 Å². The van der Waals surface area contributed by atoms with Gasteiger partial charge in [-0.2, -0.15) is 10.4 Å². The Hall–Kier alpha value is -4.00. The quantitative estimate of drug-likeness (QED) is 0.402. The van der Waals surface area contributed by atoms with Crippen molar-refractivity contribution < 1.29 is 4.79 Å². The summed E-state index contributed by atoms with van der Waals surface area (Å²) in [6.45, 7) is 2.53. The van der Waals surface area contributed by atoms with Gasteiger partial charge < -0.3 is 11.1 Å². The van der Waals surface area contributed by atoms with E-state index in [2.05, 4.69) is 26.7 Å². The number of pyridine rings is 1. The van der Waals surface area contributed by atoms with Crippen LogP contribution in [0.1, 0.15) is 11.3 Å². The number of rotatable bonds is 5. The fourth-order valence-electron chi connectivity index (χ4n) is 3.32. The van der Waals surface area contributed by atoms with E-state index >= 15 is 0 Å². The van der Waals surface area contributed by atoms with E-state index in [1.54, 1.807) is 41.0 Å². The molecule has 0 saturated carbocycles. The molecule has 4 N–H and O–H groups in total. The molecule has 1 aromatic carbocycles. The number of aryl methyl sites for hydroxylation is 1. The number of fused-ring (bicyclic) bond motifs is 1. The number of nitriles is 1. The van der Waals surface area contributed by atoms with Crippen LogP contribution in [-0.2, 0) is 0 Å². The van der Waals surface area contributed by atoms with Gasteiger partial charge in [0.25, 0.3) is 0 Å². The minimum atomic E-state index is -0.405. The molecule has 3 heterocycles. The van der Waals surface area contributed by atoms with Crippen LogP contribution < -0.4 is 16.4 Å². The van der Waals surface area contributed by atoms with Crippen LogP contribution >= 0.6 is 11.6 Å². The van der Waals surface area contributed by atoms with Gasteiger partial charge in [-0.05, 0) is 42.8 Å². The lowest BCUT2D eigenvalue weighted by molar-refractivity contribution is 0.252. The number of benzene rings is 1. The molecule has 0 spiro atoms. The van der Waals surface area contributed by atoms with E-state index in [0.29, 0.717) is 46.5 Å². The Bertz CT molecular complexity index is 1340. The second-order valence-electron chi connectivity index (χ2n) is 6.99. The van der Waals surface area contributed by atoms with Gasteiger partial charge in [0.05, 0.1) is 17.2 Å². The van der Waals surface area contributed by atoms with E-state index in [0.717, 1.165) is 16.8 Å². The number of hydrogen-bond donors (Lipinski definition) is 3. The first-order valence-corrected chi connectivity index (χ1v) is 10.2. The molecule has 0 atom stereocenters. The zero-order chi connectivity index (χ0) is 22.7. The maximum Gasteiger partial charge on any atom is 0.320 e. The summed E-state index contributed by atoms with van der Waals surface area (Å²) in [5, 5.41) is 19.7. The van der Waals surface area contributed by atoms with Gasteiger partial charge in [-0.1, -0.05) is 23.7 Å². The predicted octanol–water partition coefficient (Wildman–Crippen LogP) is 3.37. The number of hydrogen-bond acceptors (Lipinski definition) is 6. The number of aromatic nitrogens is 4. The molecular weight excluding hydrogens is 428 g/mol. The molecule has 0 bridgehead atoms. The van der Waals surface area contributed by atoms with Crippen LogP contribution in [0.3, 0.4) is 0 Å². The predicted molar refractivity (Wildman–Crippen MR) is 122 cm³/mol. The maximum atomic E-state index is 12.1. The van der Waals surface area contributed by atoms with Gasteiger partial charge in [-0.25, -0.2) is 19.3 Å².